The van der Waals surface area contributed by atoms with Crippen molar-refractivity contribution >= 4 is 12.2 Å². The first-order valence-electron chi connectivity index (χ1n) is 5.95. The SMILES string of the molecule is CC(C)(C)c1cc(=S)n(-c2ccc(C(F)(F)F)cn2)[nH]1. The molecule has 0 fully saturated rings. The first-order chi connectivity index (χ1) is 9.09. The molecule has 0 radical (unpaired) electrons. The minimum Gasteiger partial charge on any atom is -0.295 e. The van der Waals surface area contributed by atoms with E-state index in [4.69, 9.17) is 12.2 Å². The molecule has 0 aliphatic rings. The van der Waals surface area contributed by atoms with Crippen LogP contribution in [0.2, 0.25) is 0 Å². The van der Waals surface area contributed by atoms with Crippen molar-refractivity contribution in [1.29, 1.82) is 0 Å². The quantitative estimate of drug-likeness (QED) is 0.799. The third-order valence-electron chi connectivity index (χ3n) is 2.83. The molecule has 2 heterocycles. The number of aromatic nitrogens is 3. The van der Waals surface area contributed by atoms with Gasteiger partial charge in [-0.3, -0.25) is 5.10 Å². The van der Waals surface area contributed by atoms with Crippen LogP contribution in [-0.2, 0) is 11.6 Å². The summed E-state index contributed by atoms with van der Waals surface area (Å²) in [5.74, 6) is 0.332. The Morgan fingerprint density at radius 1 is 1.20 bits per heavy atom. The van der Waals surface area contributed by atoms with Gasteiger partial charge in [0.25, 0.3) is 0 Å². The molecule has 0 aromatic carbocycles. The molecule has 3 nitrogen and oxygen atoms in total. The molecule has 0 aliphatic carbocycles. The summed E-state index contributed by atoms with van der Waals surface area (Å²) in [6.07, 6.45) is -3.59. The summed E-state index contributed by atoms with van der Waals surface area (Å²) in [5.41, 5.74) is -0.0235. The van der Waals surface area contributed by atoms with Gasteiger partial charge in [-0.25, -0.2) is 9.67 Å². The van der Waals surface area contributed by atoms with Crippen molar-refractivity contribution in [3.8, 4) is 5.82 Å². The van der Waals surface area contributed by atoms with Crippen LogP contribution in [0.3, 0.4) is 0 Å². The Labute approximate surface area is 119 Å². The number of alkyl halides is 3. The Morgan fingerprint density at radius 3 is 2.25 bits per heavy atom. The highest BCUT2D eigenvalue weighted by molar-refractivity contribution is 7.71. The predicted molar refractivity (Wildman–Crippen MR) is 72.5 cm³/mol. The van der Waals surface area contributed by atoms with E-state index in [0.717, 1.165) is 18.0 Å². The number of halogens is 3. The predicted octanol–water partition coefficient (Wildman–Crippen LogP) is 4.25. The first-order valence-corrected chi connectivity index (χ1v) is 6.36. The van der Waals surface area contributed by atoms with E-state index < -0.39 is 11.7 Å². The van der Waals surface area contributed by atoms with Crippen LogP contribution in [0.15, 0.2) is 24.4 Å². The molecule has 2 aromatic heterocycles. The fraction of sp³-hybridized carbons (Fsp3) is 0.385. The van der Waals surface area contributed by atoms with Gasteiger partial charge in [0.2, 0.25) is 0 Å². The van der Waals surface area contributed by atoms with Gasteiger partial charge < -0.3 is 0 Å². The minimum absolute atomic E-state index is 0.134. The van der Waals surface area contributed by atoms with Crippen molar-refractivity contribution < 1.29 is 13.2 Å². The monoisotopic (exact) mass is 301 g/mol. The van der Waals surface area contributed by atoms with Crippen LogP contribution < -0.4 is 0 Å². The number of aromatic amines is 1. The lowest BCUT2D eigenvalue weighted by Gasteiger charge is -2.15. The van der Waals surface area contributed by atoms with Crippen LogP contribution in [0.25, 0.3) is 5.82 Å². The van der Waals surface area contributed by atoms with Crippen LogP contribution in [-0.4, -0.2) is 14.8 Å². The van der Waals surface area contributed by atoms with Crippen molar-refractivity contribution in [2.75, 3.05) is 0 Å². The van der Waals surface area contributed by atoms with Gasteiger partial charge >= 0.3 is 6.18 Å². The van der Waals surface area contributed by atoms with Gasteiger partial charge in [-0.1, -0.05) is 33.0 Å². The zero-order chi connectivity index (χ0) is 15.1. The lowest BCUT2D eigenvalue weighted by molar-refractivity contribution is -0.137. The number of nitrogens with one attached hydrogen (secondary N) is 1. The molecule has 108 valence electrons. The molecule has 20 heavy (non-hydrogen) atoms. The van der Waals surface area contributed by atoms with Crippen molar-refractivity contribution in [2.45, 2.75) is 32.4 Å². The maximum Gasteiger partial charge on any atom is 0.417 e. The number of H-pyrrole nitrogens is 1. The smallest absolute Gasteiger partial charge is 0.295 e. The summed E-state index contributed by atoms with van der Waals surface area (Å²) in [6.45, 7) is 6.04. The van der Waals surface area contributed by atoms with Crippen LogP contribution in [0.4, 0.5) is 13.2 Å². The van der Waals surface area contributed by atoms with Crippen LogP contribution in [0.1, 0.15) is 32.0 Å². The normalized spacial score (nSPS) is 12.7. The van der Waals surface area contributed by atoms with Crippen molar-refractivity contribution in [3.05, 3.63) is 40.3 Å². The summed E-state index contributed by atoms with van der Waals surface area (Å²) in [7, 11) is 0. The van der Waals surface area contributed by atoms with E-state index in [1.165, 1.54) is 10.7 Å². The van der Waals surface area contributed by atoms with Gasteiger partial charge in [0.05, 0.1) is 5.56 Å². The average molecular weight is 301 g/mol. The van der Waals surface area contributed by atoms with E-state index in [1.54, 1.807) is 6.07 Å². The maximum absolute atomic E-state index is 12.5. The largest absolute Gasteiger partial charge is 0.417 e. The van der Waals surface area contributed by atoms with Crippen LogP contribution in [0.5, 0.6) is 0 Å². The van der Waals surface area contributed by atoms with E-state index >= 15 is 0 Å². The molecule has 7 heteroatoms. The Hall–Kier alpha value is -1.63. The second-order valence-corrected chi connectivity index (χ2v) is 5.91. The summed E-state index contributed by atoms with van der Waals surface area (Å²) in [4.78, 5) is 3.82. The number of hydrogen-bond acceptors (Lipinski definition) is 2. The molecule has 0 bridgehead atoms. The number of pyridine rings is 1. The molecule has 1 N–H and O–H groups in total. The van der Waals surface area contributed by atoms with Gasteiger partial charge in [-0.05, 0) is 18.2 Å². The Morgan fingerprint density at radius 2 is 1.85 bits per heavy atom. The Kier molecular flexibility index (Phi) is 3.49. The summed E-state index contributed by atoms with van der Waals surface area (Å²) < 4.78 is 39.4. The molecule has 2 rings (SSSR count). The molecular formula is C13H14F3N3S. The highest BCUT2D eigenvalue weighted by Gasteiger charge is 2.30. The Bertz CT molecular complexity index is 660. The maximum atomic E-state index is 12.5. The Balaban J connectivity index is 2.43. The standard InChI is InChI=1S/C13H14F3N3S/c1-12(2,3)9-6-11(20)19(18-9)10-5-4-8(7-17-10)13(14,15)16/h4-7,18H,1-3H3. The third-order valence-corrected chi connectivity index (χ3v) is 3.13. The molecule has 0 saturated heterocycles. The van der Waals surface area contributed by atoms with Crippen molar-refractivity contribution in [3.63, 3.8) is 0 Å². The number of hydrogen-bond donors (Lipinski definition) is 1. The van der Waals surface area contributed by atoms with Crippen molar-refractivity contribution in [2.24, 2.45) is 0 Å². The van der Waals surface area contributed by atoms with E-state index in [2.05, 4.69) is 10.1 Å². The molecule has 2 aromatic rings. The average Bonchev–Trinajstić information content (AvgIpc) is 2.70. The van der Waals surface area contributed by atoms with Gasteiger partial charge in [0, 0.05) is 17.3 Å². The summed E-state index contributed by atoms with van der Waals surface area (Å²) >= 11 is 5.20. The zero-order valence-corrected chi connectivity index (χ0v) is 12.1. The zero-order valence-electron chi connectivity index (χ0n) is 11.2. The molecule has 0 atom stereocenters. The second kappa shape index (κ2) is 4.73. The van der Waals surface area contributed by atoms with E-state index in [9.17, 15) is 13.2 Å². The highest BCUT2D eigenvalue weighted by atomic mass is 32.1. The van der Waals surface area contributed by atoms with Crippen LogP contribution in [0, 0.1) is 4.64 Å². The second-order valence-electron chi connectivity index (χ2n) is 5.50. The molecule has 0 aliphatic heterocycles. The van der Waals surface area contributed by atoms with Gasteiger partial charge in [-0.15, -0.1) is 0 Å². The molecule has 0 saturated carbocycles. The fourth-order valence-corrected chi connectivity index (χ4v) is 1.89. The molecule has 0 amide bonds. The van der Waals surface area contributed by atoms with E-state index in [0.29, 0.717) is 10.5 Å². The third kappa shape index (κ3) is 2.92. The minimum atomic E-state index is -4.39. The highest BCUT2D eigenvalue weighted by Crippen LogP contribution is 2.29. The summed E-state index contributed by atoms with van der Waals surface area (Å²) in [6, 6.07) is 4.07. The number of nitrogens with zero attached hydrogens (tertiary/aromatic N) is 2. The molecule has 0 unspecified atom stereocenters. The first kappa shape index (κ1) is 14.8. The van der Waals surface area contributed by atoms with Crippen LogP contribution >= 0.6 is 12.2 Å². The van der Waals surface area contributed by atoms with Gasteiger partial charge in [-0.2, -0.15) is 13.2 Å². The van der Waals surface area contributed by atoms with E-state index in [-0.39, 0.29) is 5.41 Å². The van der Waals surface area contributed by atoms with E-state index in [1.807, 2.05) is 20.8 Å². The lowest BCUT2D eigenvalue weighted by Crippen LogP contribution is -2.13. The number of rotatable bonds is 1. The van der Waals surface area contributed by atoms with Crippen molar-refractivity contribution in [1.82, 2.24) is 14.8 Å². The topological polar surface area (TPSA) is 33.6 Å². The van der Waals surface area contributed by atoms with Gasteiger partial charge in [0.15, 0.2) is 5.82 Å². The summed E-state index contributed by atoms with van der Waals surface area (Å²) in [5, 5.41) is 3.06. The fourth-order valence-electron chi connectivity index (χ4n) is 1.64. The molecule has 0 spiro atoms. The lowest BCUT2D eigenvalue weighted by atomic mass is 9.93. The molecular weight excluding hydrogens is 287 g/mol. The van der Waals surface area contributed by atoms with Gasteiger partial charge in [0.1, 0.15) is 4.64 Å².